The fourth-order valence-electron chi connectivity index (χ4n) is 4.62. The molecule has 1 spiro atoms. The van der Waals surface area contributed by atoms with Crippen LogP contribution in [0.15, 0.2) is 24.7 Å². The Kier molecular flexibility index (Phi) is 5.07. The number of alkyl halides is 3. The number of halogens is 3. The Morgan fingerprint density at radius 1 is 1.18 bits per heavy atom. The van der Waals surface area contributed by atoms with Crippen LogP contribution in [0.25, 0.3) is 0 Å². The molecule has 2 aliphatic rings. The maximum atomic E-state index is 13.1. The zero-order chi connectivity index (χ0) is 19.8. The van der Waals surface area contributed by atoms with Crippen molar-refractivity contribution in [2.24, 2.45) is 0 Å². The molecule has 1 N–H and O–H groups in total. The van der Waals surface area contributed by atoms with Crippen molar-refractivity contribution in [2.75, 3.05) is 31.1 Å². The number of H-pyrrole nitrogens is 1. The maximum Gasteiger partial charge on any atom is 0.416 e. The van der Waals surface area contributed by atoms with E-state index in [-0.39, 0.29) is 5.54 Å². The summed E-state index contributed by atoms with van der Waals surface area (Å²) in [5.74, 6) is 0.405. The highest BCUT2D eigenvalue weighted by atomic mass is 19.4. The largest absolute Gasteiger partial charge is 0.416 e. The van der Waals surface area contributed by atoms with Crippen LogP contribution in [0.3, 0.4) is 0 Å². The second-order valence-electron chi connectivity index (χ2n) is 7.74. The number of fused-ring (bicyclic) bond motifs is 2. The van der Waals surface area contributed by atoms with Crippen molar-refractivity contribution in [2.45, 2.75) is 50.7 Å². The van der Waals surface area contributed by atoms with E-state index in [2.05, 4.69) is 26.8 Å². The predicted molar refractivity (Wildman–Crippen MR) is 101 cm³/mol. The summed E-state index contributed by atoms with van der Waals surface area (Å²) in [5, 5.41) is 0. The van der Waals surface area contributed by atoms with Gasteiger partial charge in [0.1, 0.15) is 5.82 Å². The first-order valence-electron chi connectivity index (χ1n) is 10.00. The minimum absolute atomic E-state index is 0.124. The number of pyridine rings is 1. The lowest BCUT2D eigenvalue weighted by Crippen LogP contribution is -2.56. The van der Waals surface area contributed by atoms with Crippen LogP contribution in [0.1, 0.15) is 49.6 Å². The molecule has 5 nitrogen and oxygen atoms in total. The average molecular weight is 393 g/mol. The quantitative estimate of drug-likeness (QED) is 0.854. The molecule has 0 radical (unpaired) electrons. The third-order valence-electron chi connectivity index (χ3n) is 6.17. The molecule has 152 valence electrons. The number of hydrogen-bond donors (Lipinski definition) is 1. The molecule has 0 unspecified atom stereocenters. The SMILES string of the molecule is CCCCN1CCc2[nH]cnc2C12CCN(c1cc(C(F)(F)F)ccn1)CC2. The van der Waals surface area contributed by atoms with Crippen molar-refractivity contribution in [3.8, 4) is 0 Å². The third-order valence-corrected chi connectivity index (χ3v) is 6.17. The fourth-order valence-corrected chi connectivity index (χ4v) is 4.62. The molecule has 4 rings (SSSR count). The molecular weight excluding hydrogens is 367 g/mol. The van der Waals surface area contributed by atoms with Gasteiger partial charge in [-0.1, -0.05) is 13.3 Å². The lowest BCUT2D eigenvalue weighted by Gasteiger charge is -2.51. The topological polar surface area (TPSA) is 48.1 Å². The zero-order valence-corrected chi connectivity index (χ0v) is 16.1. The van der Waals surface area contributed by atoms with Crippen molar-refractivity contribution in [3.05, 3.63) is 41.6 Å². The molecule has 4 heterocycles. The van der Waals surface area contributed by atoms with E-state index in [1.807, 2.05) is 4.90 Å². The normalized spacial score (nSPS) is 19.8. The first kappa shape index (κ1) is 19.2. The van der Waals surface area contributed by atoms with Crippen LogP contribution in [-0.2, 0) is 18.1 Å². The highest BCUT2D eigenvalue weighted by molar-refractivity contribution is 5.43. The van der Waals surface area contributed by atoms with Crippen molar-refractivity contribution in [3.63, 3.8) is 0 Å². The third kappa shape index (κ3) is 3.38. The summed E-state index contributed by atoms with van der Waals surface area (Å²) in [5.41, 5.74) is 1.57. The Morgan fingerprint density at radius 2 is 1.96 bits per heavy atom. The Balaban J connectivity index is 1.56. The average Bonchev–Trinajstić information content (AvgIpc) is 3.18. The number of unbranched alkanes of at least 4 members (excludes halogenated alkanes) is 1. The molecule has 2 aromatic rings. The molecule has 8 heteroatoms. The molecular formula is C20H26F3N5. The summed E-state index contributed by atoms with van der Waals surface area (Å²) in [4.78, 5) is 16.7. The maximum absolute atomic E-state index is 13.1. The zero-order valence-electron chi connectivity index (χ0n) is 16.1. The van der Waals surface area contributed by atoms with Crippen molar-refractivity contribution in [1.29, 1.82) is 0 Å². The Bertz CT molecular complexity index is 808. The van der Waals surface area contributed by atoms with Gasteiger partial charge in [0.15, 0.2) is 0 Å². The minimum atomic E-state index is -4.35. The number of rotatable bonds is 4. The van der Waals surface area contributed by atoms with Crippen LogP contribution < -0.4 is 4.90 Å². The Labute approximate surface area is 163 Å². The van der Waals surface area contributed by atoms with Crippen LogP contribution in [0.5, 0.6) is 0 Å². The molecule has 2 aromatic heterocycles. The number of aromatic nitrogens is 3. The lowest BCUT2D eigenvalue weighted by atomic mass is 9.78. The predicted octanol–water partition coefficient (Wildman–Crippen LogP) is 3.98. The van der Waals surface area contributed by atoms with Gasteiger partial charge in [0.25, 0.3) is 0 Å². The number of piperidine rings is 1. The first-order valence-corrected chi connectivity index (χ1v) is 10.00. The second-order valence-corrected chi connectivity index (χ2v) is 7.74. The summed E-state index contributed by atoms with van der Waals surface area (Å²) in [7, 11) is 0. The molecule has 28 heavy (non-hydrogen) atoms. The smallest absolute Gasteiger partial charge is 0.356 e. The second kappa shape index (κ2) is 7.39. The molecule has 0 amide bonds. The van der Waals surface area contributed by atoms with Gasteiger partial charge < -0.3 is 9.88 Å². The van der Waals surface area contributed by atoms with Gasteiger partial charge in [-0.25, -0.2) is 9.97 Å². The Morgan fingerprint density at radius 3 is 2.68 bits per heavy atom. The van der Waals surface area contributed by atoms with Crippen LogP contribution in [-0.4, -0.2) is 46.0 Å². The number of aromatic amines is 1. The van der Waals surface area contributed by atoms with E-state index < -0.39 is 11.7 Å². The van der Waals surface area contributed by atoms with Crippen LogP contribution >= 0.6 is 0 Å². The molecule has 0 aromatic carbocycles. The van der Waals surface area contributed by atoms with Crippen molar-refractivity contribution < 1.29 is 13.2 Å². The summed E-state index contributed by atoms with van der Waals surface area (Å²) < 4.78 is 39.2. The molecule has 0 aliphatic carbocycles. The van der Waals surface area contributed by atoms with E-state index in [4.69, 9.17) is 0 Å². The highest BCUT2D eigenvalue weighted by Gasteiger charge is 2.46. The Hall–Kier alpha value is -2.09. The van der Waals surface area contributed by atoms with Crippen molar-refractivity contribution >= 4 is 5.82 Å². The molecule has 1 saturated heterocycles. The van der Waals surface area contributed by atoms with Gasteiger partial charge in [0.2, 0.25) is 0 Å². The van der Waals surface area contributed by atoms with Gasteiger partial charge in [0.05, 0.1) is 23.1 Å². The minimum Gasteiger partial charge on any atom is -0.356 e. The van der Waals surface area contributed by atoms with Crippen molar-refractivity contribution in [1.82, 2.24) is 19.9 Å². The van der Waals surface area contributed by atoms with Gasteiger partial charge in [-0.3, -0.25) is 4.90 Å². The number of hydrogen-bond acceptors (Lipinski definition) is 4. The lowest BCUT2D eigenvalue weighted by molar-refractivity contribution is -0.137. The first-order chi connectivity index (χ1) is 13.4. The molecule has 0 saturated carbocycles. The van der Waals surface area contributed by atoms with Crippen LogP contribution in [0, 0.1) is 0 Å². The van der Waals surface area contributed by atoms with Gasteiger partial charge in [-0.05, 0) is 37.9 Å². The molecule has 0 bridgehead atoms. The summed E-state index contributed by atoms with van der Waals surface area (Å²) in [6.45, 7) is 5.56. The van der Waals surface area contributed by atoms with E-state index in [1.165, 1.54) is 11.9 Å². The highest BCUT2D eigenvalue weighted by Crippen LogP contribution is 2.43. The van der Waals surface area contributed by atoms with Gasteiger partial charge >= 0.3 is 6.18 Å². The number of anilines is 1. The molecule has 2 aliphatic heterocycles. The van der Waals surface area contributed by atoms with Crippen LogP contribution in [0.4, 0.5) is 19.0 Å². The van der Waals surface area contributed by atoms with Crippen LogP contribution in [0.2, 0.25) is 0 Å². The summed E-state index contributed by atoms with van der Waals surface area (Å²) in [6.07, 6.45) is 3.61. The molecule has 1 fully saturated rings. The summed E-state index contributed by atoms with van der Waals surface area (Å²) in [6, 6.07) is 2.19. The van der Waals surface area contributed by atoms with E-state index in [9.17, 15) is 13.2 Å². The summed E-state index contributed by atoms with van der Waals surface area (Å²) >= 11 is 0. The van der Waals surface area contributed by atoms with E-state index >= 15 is 0 Å². The monoisotopic (exact) mass is 393 g/mol. The van der Waals surface area contributed by atoms with E-state index in [1.54, 1.807) is 6.33 Å². The van der Waals surface area contributed by atoms with Gasteiger partial charge in [0, 0.05) is 37.9 Å². The number of nitrogens with one attached hydrogen (secondary N) is 1. The number of imidazole rings is 1. The van der Waals surface area contributed by atoms with Gasteiger partial charge in [-0.15, -0.1) is 0 Å². The van der Waals surface area contributed by atoms with E-state index in [0.717, 1.165) is 63.0 Å². The van der Waals surface area contributed by atoms with Gasteiger partial charge in [-0.2, -0.15) is 13.2 Å². The van der Waals surface area contributed by atoms with E-state index in [0.29, 0.717) is 18.9 Å². The number of nitrogens with zero attached hydrogens (tertiary/aromatic N) is 4. The fraction of sp³-hybridized carbons (Fsp3) is 0.600. The standard InChI is InChI=1S/C20H26F3N5/c1-2-3-9-28-10-5-16-18(26-14-25-16)19(28)6-11-27(12-7-19)17-13-15(4-8-24-17)20(21,22)23/h4,8,13-14H,2-3,5-7,9-12H2,1H3,(H,25,26). The molecule has 0 atom stereocenters.